The van der Waals surface area contributed by atoms with Gasteiger partial charge in [-0.2, -0.15) is 0 Å². The van der Waals surface area contributed by atoms with Gasteiger partial charge in [0.2, 0.25) is 0 Å². The highest BCUT2D eigenvalue weighted by molar-refractivity contribution is 5.20. The fourth-order valence-corrected chi connectivity index (χ4v) is 4.13. The molecule has 0 unspecified atom stereocenters. The van der Waals surface area contributed by atoms with E-state index in [2.05, 4.69) is 11.9 Å². The number of H-pyrrole nitrogens is 1. The first-order valence-corrected chi connectivity index (χ1v) is 8.90. The number of aromatic amines is 1. The molecule has 0 atom stereocenters. The van der Waals surface area contributed by atoms with E-state index in [-0.39, 0.29) is 5.56 Å². The summed E-state index contributed by atoms with van der Waals surface area (Å²) in [7, 11) is 0. The zero-order chi connectivity index (χ0) is 14.7. The standard InChI is InChI=1S/C18H28N2O/c1-2-6-13-9-11-14(12-10-13)17-19-16-8-5-3-4-7-15(16)18(21)20-17/h13-14H,2-12H2,1H3,(H,19,20,21). The van der Waals surface area contributed by atoms with Crippen molar-refractivity contribution < 1.29 is 0 Å². The third-order valence-electron chi connectivity index (χ3n) is 5.39. The number of nitrogens with one attached hydrogen (secondary N) is 1. The van der Waals surface area contributed by atoms with E-state index in [0.29, 0.717) is 5.92 Å². The van der Waals surface area contributed by atoms with Gasteiger partial charge in [-0.3, -0.25) is 4.79 Å². The van der Waals surface area contributed by atoms with Gasteiger partial charge in [-0.25, -0.2) is 4.98 Å². The van der Waals surface area contributed by atoms with Gasteiger partial charge in [-0.1, -0.05) is 26.2 Å². The Labute approximate surface area is 127 Å². The Bertz CT molecular complexity index is 527. The molecule has 0 spiro atoms. The molecule has 3 rings (SSSR count). The Balaban J connectivity index is 1.76. The Hall–Kier alpha value is -1.12. The van der Waals surface area contributed by atoms with Crippen LogP contribution in [0.25, 0.3) is 0 Å². The van der Waals surface area contributed by atoms with Crippen LogP contribution in [0.2, 0.25) is 0 Å². The van der Waals surface area contributed by atoms with Crippen LogP contribution in [-0.2, 0) is 12.8 Å². The monoisotopic (exact) mass is 288 g/mol. The summed E-state index contributed by atoms with van der Waals surface area (Å²) in [6.45, 7) is 2.28. The quantitative estimate of drug-likeness (QED) is 0.851. The number of aryl methyl sites for hydroxylation is 1. The minimum Gasteiger partial charge on any atom is -0.310 e. The smallest absolute Gasteiger partial charge is 0.254 e. The third kappa shape index (κ3) is 3.38. The molecule has 2 aliphatic rings. The molecule has 3 heteroatoms. The first-order valence-electron chi connectivity index (χ1n) is 8.90. The first kappa shape index (κ1) is 14.8. The Morgan fingerprint density at radius 1 is 1.10 bits per heavy atom. The predicted octanol–water partition coefficient (Wildman–Crippen LogP) is 4.11. The summed E-state index contributed by atoms with van der Waals surface area (Å²) in [4.78, 5) is 20.3. The molecule has 0 saturated heterocycles. The summed E-state index contributed by atoms with van der Waals surface area (Å²) in [5.41, 5.74) is 2.21. The second-order valence-corrected chi connectivity index (χ2v) is 6.94. The fraction of sp³-hybridized carbons (Fsp3) is 0.778. The van der Waals surface area contributed by atoms with E-state index in [1.54, 1.807) is 0 Å². The minimum atomic E-state index is 0.146. The number of rotatable bonds is 3. The lowest BCUT2D eigenvalue weighted by molar-refractivity contribution is 0.301. The van der Waals surface area contributed by atoms with Crippen molar-refractivity contribution in [3.8, 4) is 0 Å². The lowest BCUT2D eigenvalue weighted by Crippen LogP contribution is -2.23. The van der Waals surface area contributed by atoms with Crippen molar-refractivity contribution >= 4 is 0 Å². The minimum absolute atomic E-state index is 0.146. The van der Waals surface area contributed by atoms with E-state index < -0.39 is 0 Å². The second-order valence-electron chi connectivity index (χ2n) is 6.94. The van der Waals surface area contributed by atoms with E-state index in [9.17, 15) is 4.79 Å². The zero-order valence-corrected chi connectivity index (χ0v) is 13.3. The van der Waals surface area contributed by atoms with Crippen molar-refractivity contribution in [1.29, 1.82) is 0 Å². The van der Waals surface area contributed by atoms with Crippen LogP contribution in [0.5, 0.6) is 0 Å². The van der Waals surface area contributed by atoms with Crippen LogP contribution < -0.4 is 5.56 Å². The molecule has 1 heterocycles. The Morgan fingerprint density at radius 3 is 2.62 bits per heavy atom. The topological polar surface area (TPSA) is 45.8 Å². The largest absolute Gasteiger partial charge is 0.310 e. The van der Waals surface area contributed by atoms with E-state index in [0.717, 1.165) is 42.3 Å². The molecule has 0 bridgehead atoms. The van der Waals surface area contributed by atoms with Crippen molar-refractivity contribution in [1.82, 2.24) is 9.97 Å². The number of hydrogen-bond donors (Lipinski definition) is 1. The fourth-order valence-electron chi connectivity index (χ4n) is 4.13. The van der Waals surface area contributed by atoms with Gasteiger partial charge >= 0.3 is 0 Å². The summed E-state index contributed by atoms with van der Waals surface area (Å²) in [5.74, 6) is 2.37. The summed E-state index contributed by atoms with van der Waals surface area (Å²) in [5, 5.41) is 0. The third-order valence-corrected chi connectivity index (χ3v) is 5.39. The molecule has 116 valence electrons. The average Bonchev–Trinajstić information content (AvgIpc) is 2.74. The van der Waals surface area contributed by atoms with E-state index >= 15 is 0 Å². The van der Waals surface area contributed by atoms with E-state index in [4.69, 9.17) is 4.98 Å². The lowest BCUT2D eigenvalue weighted by Gasteiger charge is -2.28. The molecule has 0 aliphatic heterocycles. The number of aromatic nitrogens is 2. The molecule has 0 amide bonds. The van der Waals surface area contributed by atoms with Crippen LogP contribution in [0.1, 0.15) is 87.7 Å². The van der Waals surface area contributed by atoms with E-state index in [1.165, 1.54) is 51.4 Å². The molecule has 3 nitrogen and oxygen atoms in total. The first-order chi connectivity index (χ1) is 10.3. The van der Waals surface area contributed by atoms with Gasteiger partial charge in [0, 0.05) is 11.5 Å². The SMILES string of the molecule is CCCC1CCC(c2nc3c(c(=O)[nH]2)CCCCC3)CC1. The molecule has 1 aromatic rings. The number of hydrogen-bond acceptors (Lipinski definition) is 2. The normalized spacial score (nSPS) is 26.1. The van der Waals surface area contributed by atoms with Gasteiger partial charge in [0.05, 0.1) is 5.69 Å². The highest BCUT2D eigenvalue weighted by Gasteiger charge is 2.25. The van der Waals surface area contributed by atoms with Gasteiger partial charge in [0.15, 0.2) is 0 Å². The van der Waals surface area contributed by atoms with Crippen LogP contribution in [0.15, 0.2) is 4.79 Å². The Kier molecular flexibility index (Phi) is 4.77. The van der Waals surface area contributed by atoms with Crippen molar-refractivity contribution in [2.24, 2.45) is 5.92 Å². The van der Waals surface area contributed by atoms with Crippen LogP contribution in [0.4, 0.5) is 0 Å². The van der Waals surface area contributed by atoms with Crippen molar-refractivity contribution in [3.05, 3.63) is 27.4 Å². The average molecular weight is 288 g/mol. The van der Waals surface area contributed by atoms with Crippen molar-refractivity contribution in [2.75, 3.05) is 0 Å². The maximum Gasteiger partial charge on any atom is 0.254 e. The number of nitrogens with zero attached hydrogens (tertiary/aromatic N) is 1. The Morgan fingerprint density at radius 2 is 1.86 bits per heavy atom. The second kappa shape index (κ2) is 6.76. The molecule has 1 aromatic heterocycles. The highest BCUT2D eigenvalue weighted by atomic mass is 16.1. The number of fused-ring (bicyclic) bond motifs is 1. The van der Waals surface area contributed by atoms with Gasteiger partial charge in [-0.05, 0) is 57.3 Å². The molecule has 2 aliphatic carbocycles. The molecule has 0 radical (unpaired) electrons. The summed E-state index contributed by atoms with van der Waals surface area (Å²) in [6, 6.07) is 0. The molecule has 1 fully saturated rings. The summed E-state index contributed by atoms with van der Waals surface area (Å²) >= 11 is 0. The van der Waals surface area contributed by atoms with Crippen LogP contribution >= 0.6 is 0 Å². The maximum atomic E-state index is 12.4. The predicted molar refractivity (Wildman–Crippen MR) is 85.7 cm³/mol. The van der Waals surface area contributed by atoms with Gasteiger partial charge in [0.1, 0.15) is 5.82 Å². The van der Waals surface area contributed by atoms with Crippen molar-refractivity contribution in [3.63, 3.8) is 0 Å². The zero-order valence-electron chi connectivity index (χ0n) is 13.3. The molecular weight excluding hydrogens is 260 g/mol. The van der Waals surface area contributed by atoms with Gasteiger partial charge in [-0.15, -0.1) is 0 Å². The van der Waals surface area contributed by atoms with Gasteiger partial charge in [0.25, 0.3) is 5.56 Å². The highest BCUT2D eigenvalue weighted by Crippen LogP contribution is 2.36. The van der Waals surface area contributed by atoms with Crippen LogP contribution in [-0.4, -0.2) is 9.97 Å². The van der Waals surface area contributed by atoms with Gasteiger partial charge < -0.3 is 4.98 Å². The molecule has 21 heavy (non-hydrogen) atoms. The molecule has 1 saturated carbocycles. The maximum absolute atomic E-state index is 12.4. The van der Waals surface area contributed by atoms with Crippen molar-refractivity contribution in [2.45, 2.75) is 83.5 Å². The van der Waals surface area contributed by atoms with Crippen LogP contribution in [0.3, 0.4) is 0 Å². The summed E-state index contributed by atoms with van der Waals surface area (Å²) in [6.07, 6.45) is 13.1. The van der Waals surface area contributed by atoms with E-state index in [1.807, 2.05) is 0 Å². The molecular formula is C18H28N2O. The molecule has 1 N–H and O–H groups in total. The summed E-state index contributed by atoms with van der Waals surface area (Å²) < 4.78 is 0. The molecule has 0 aromatic carbocycles. The lowest BCUT2D eigenvalue weighted by atomic mass is 9.79. The van der Waals surface area contributed by atoms with Crippen LogP contribution in [0, 0.1) is 5.92 Å².